The molecule has 1 aromatic heterocycles. The number of hydrogen-bond acceptors (Lipinski definition) is 4. The normalized spacial score (nSPS) is 11.6. The molecule has 3 N–H and O–H groups in total. The number of carbonyl (C=O) groups is 1. The van der Waals surface area contributed by atoms with E-state index in [-0.39, 0.29) is 5.91 Å². The van der Waals surface area contributed by atoms with Crippen molar-refractivity contribution in [1.82, 2.24) is 15.3 Å². The molecule has 1 aromatic rings. The number of rotatable bonds is 5. The predicted octanol–water partition coefficient (Wildman–Crippen LogP) is 0.529. The zero-order valence-electron chi connectivity index (χ0n) is 10.6. The average molecular weight is 236 g/mol. The molecule has 0 saturated heterocycles. The summed E-state index contributed by atoms with van der Waals surface area (Å²) in [6, 6.07) is 5.80. The fourth-order valence-corrected chi connectivity index (χ4v) is 1.77. The molecule has 5 nitrogen and oxygen atoms in total. The molecule has 94 valence electrons. The van der Waals surface area contributed by atoms with E-state index in [9.17, 15) is 4.79 Å². The molecule has 0 spiro atoms. The summed E-state index contributed by atoms with van der Waals surface area (Å²) >= 11 is 0. The third-order valence-corrected chi connectivity index (χ3v) is 2.57. The summed E-state index contributed by atoms with van der Waals surface area (Å²) in [4.78, 5) is 17.8. The van der Waals surface area contributed by atoms with Crippen LogP contribution in [0.4, 0.5) is 0 Å². The number of nitrogens with one attached hydrogen (secondary N) is 1. The minimum absolute atomic E-state index is 0.162. The molecule has 0 aliphatic carbocycles. The van der Waals surface area contributed by atoms with Gasteiger partial charge in [0.2, 0.25) is 5.91 Å². The molecule has 17 heavy (non-hydrogen) atoms. The maximum atomic E-state index is 11.5. The van der Waals surface area contributed by atoms with Gasteiger partial charge in [0.1, 0.15) is 0 Å². The number of hydrogen-bond donors (Lipinski definition) is 2. The van der Waals surface area contributed by atoms with E-state index in [1.54, 1.807) is 6.20 Å². The van der Waals surface area contributed by atoms with E-state index in [2.05, 4.69) is 15.3 Å². The molecule has 1 heterocycles. The van der Waals surface area contributed by atoms with Crippen molar-refractivity contribution >= 4 is 5.91 Å². The van der Waals surface area contributed by atoms with Gasteiger partial charge in [-0.3, -0.25) is 20.1 Å². The van der Waals surface area contributed by atoms with Crippen LogP contribution < -0.4 is 11.3 Å². The Morgan fingerprint density at radius 3 is 2.76 bits per heavy atom. The van der Waals surface area contributed by atoms with Crippen molar-refractivity contribution in [2.75, 3.05) is 13.6 Å². The smallest absolute Gasteiger partial charge is 0.240 e. The Labute approximate surface area is 102 Å². The minimum Gasteiger partial charge on any atom is -0.299 e. The Morgan fingerprint density at radius 1 is 1.53 bits per heavy atom. The van der Waals surface area contributed by atoms with Gasteiger partial charge in [0, 0.05) is 19.3 Å². The molecular weight excluding hydrogens is 216 g/mol. The first-order valence-corrected chi connectivity index (χ1v) is 5.55. The fourth-order valence-electron chi connectivity index (χ4n) is 1.77. The molecule has 0 aliphatic rings. The highest BCUT2D eigenvalue weighted by atomic mass is 16.2. The second-order valence-electron chi connectivity index (χ2n) is 4.85. The first-order valence-electron chi connectivity index (χ1n) is 5.55. The van der Waals surface area contributed by atoms with Crippen LogP contribution in [0.3, 0.4) is 0 Å². The lowest BCUT2D eigenvalue weighted by Crippen LogP contribution is -2.46. The highest BCUT2D eigenvalue weighted by Crippen LogP contribution is 2.17. The Kier molecular flexibility index (Phi) is 4.60. The lowest BCUT2D eigenvalue weighted by atomic mass is 9.92. The molecule has 0 radical (unpaired) electrons. The lowest BCUT2D eigenvalue weighted by molar-refractivity contribution is -0.130. The second-order valence-corrected chi connectivity index (χ2v) is 4.85. The van der Waals surface area contributed by atoms with E-state index < -0.39 is 5.41 Å². The van der Waals surface area contributed by atoms with Crippen molar-refractivity contribution in [2.24, 2.45) is 11.3 Å². The van der Waals surface area contributed by atoms with Gasteiger partial charge in [0.25, 0.3) is 0 Å². The van der Waals surface area contributed by atoms with Crippen LogP contribution in [0.1, 0.15) is 19.5 Å². The largest absolute Gasteiger partial charge is 0.299 e. The van der Waals surface area contributed by atoms with Crippen molar-refractivity contribution in [3.63, 3.8) is 0 Å². The molecule has 0 unspecified atom stereocenters. The molecule has 0 aliphatic heterocycles. The molecule has 0 atom stereocenters. The van der Waals surface area contributed by atoms with E-state index in [1.807, 2.05) is 39.1 Å². The van der Waals surface area contributed by atoms with Gasteiger partial charge in [0.15, 0.2) is 0 Å². The van der Waals surface area contributed by atoms with Crippen molar-refractivity contribution in [1.29, 1.82) is 0 Å². The fraction of sp³-hybridized carbons (Fsp3) is 0.500. The van der Waals surface area contributed by atoms with Gasteiger partial charge in [-0.15, -0.1) is 0 Å². The average Bonchev–Trinajstić information content (AvgIpc) is 2.28. The van der Waals surface area contributed by atoms with E-state index in [0.29, 0.717) is 13.1 Å². The van der Waals surface area contributed by atoms with Gasteiger partial charge in [-0.2, -0.15) is 0 Å². The first kappa shape index (κ1) is 13.6. The zero-order chi connectivity index (χ0) is 12.9. The highest BCUT2D eigenvalue weighted by Gasteiger charge is 2.28. The van der Waals surface area contributed by atoms with Crippen LogP contribution in [-0.4, -0.2) is 29.4 Å². The van der Waals surface area contributed by atoms with Crippen LogP contribution in [0.2, 0.25) is 0 Å². The summed E-state index contributed by atoms with van der Waals surface area (Å²) in [6.07, 6.45) is 1.76. The number of amides is 1. The summed E-state index contributed by atoms with van der Waals surface area (Å²) in [5.74, 6) is 4.99. The van der Waals surface area contributed by atoms with Crippen LogP contribution >= 0.6 is 0 Å². The number of nitrogens with two attached hydrogens (primary N) is 1. The molecule has 0 fully saturated rings. The van der Waals surface area contributed by atoms with Gasteiger partial charge in [-0.25, -0.2) is 5.84 Å². The molecule has 1 rings (SSSR count). The third-order valence-electron chi connectivity index (χ3n) is 2.57. The Hall–Kier alpha value is -1.46. The van der Waals surface area contributed by atoms with Crippen molar-refractivity contribution < 1.29 is 4.79 Å². The quantitative estimate of drug-likeness (QED) is 0.444. The van der Waals surface area contributed by atoms with E-state index in [4.69, 9.17) is 5.84 Å². The van der Waals surface area contributed by atoms with Gasteiger partial charge < -0.3 is 0 Å². The second kappa shape index (κ2) is 5.75. The van der Waals surface area contributed by atoms with Crippen LogP contribution in [-0.2, 0) is 11.3 Å². The van der Waals surface area contributed by atoms with Crippen molar-refractivity contribution in [3.8, 4) is 0 Å². The van der Waals surface area contributed by atoms with Crippen LogP contribution in [0.25, 0.3) is 0 Å². The van der Waals surface area contributed by atoms with Gasteiger partial charge in [-0.1, -0.05) is 6.07 Å². The minimum atomic E-state index is -0.516. The third kappa shape index (κ3) is 4.13. The number of carbonyl (C=O) groups excluding carboxylic acids is 1. The first-order chi connectivity index (χ1) is 7.95. The number of aromatic nitrogens is 1. The molecule has 0 saturated carbocycles. The van der Waals surface area contributed by atoms with Crippen LogP contribution in [0.5, 0.6) is 0 Å². The Balaban J connectivity index is 2.55. The zero-order valence-corrected chi connectivity index (χ0v) is 10.6. The summed E-state index contributed by atoms with van der Waals surface area (Å²) < 4.78 is 0. The molecule has 0 bridgehead atoms. The molecule has 1 amide bonds. The Bertz CT molecular complexity index is 364. The van der Waals surface area contributed by atoms with E-state index in [1.165, 1.54) is 0 Å². The predicted molar refractivity (Wildman–Crippen MR) is 66.7 cm³/mol. The maximum Gasteiger partial charge on any atom is 0.240 e. The monoisotopic (exact) mass is 236 g/mol. The standard InChI is InChI=1S/C12H20N4O/c1-12(2,11(17)15-13)9-16(3)8-10-6-4-5-7-14-10/h4-7H,8-9,13H2,1-3H3,(H,15,17). The van der Waals surface area contributed by atoms with Crippen molar-refractivity contribution in [3.05, 3.63) is 30.1 Å². The topological polar surface area (TPSA) is 71.2 Å². The number of hydrazine groups is 1. The molecular formula is C12H20N4O. The summed E-state index contributed by atoms with van der Waals surface area (Å²) in [7, 11) is 1.96. The van der Waals surface area contributed by atoms with Gasteiger partial charge in [0.05, 0.1) is 11.1 Å². The maximum absolute atomic E-state index is 11.5. The number of nitrogens with zero attached hydrogens (tertiary/aromatic N) is 2. The SMILES string of the molecule is CN(Cc1ccccn1)CC(C)(C)C(=O)NN. The summed E-state index contributed by atoms with van der Waals surface area (Å²) in [5.41, 5.74) is 2.66. The summed E-state index contributed by atoms with van der Waals surface area (Å²) in [5, 5.41) is 0. The van der Waals surface area contributed by atoms with Crippen LogP contribution in [0.15, 0.2) is 24.4 Å². The van der Waals surface area contributed by atoms with Gasteiger partial charge in [-0.05, 0) is 33.0 Å². The molecule has 5 heteroatoms. The molecule has 0 aromatic carbocycles. The Morgan fingerprint density at radius 2 is 2.24 bits per heavy atom. The van der Waals surface area contributed by atoms with E-state index >= 15 is 0 Å². The van der Waals surface area contributed by atoms with Gasteiger partial charge >= 0.3 is 0 Å². The van der Waals surface area contributed by atoms with Crippen LogP contribution in [0, 0.1) is 5.41 Å². The number of pyridine rings is 1. The summed E-state index contributed by atoms with van der Waals surface area (Å²) in [6.45, 7) is 5.06. The highest BCUT2D eigenvalue weighted by molar-refractivity contribution is 5.81. The van der Waals surface area contributed by atoms with E-state index in [0.717, 1.165) is 5.69 Å². The lowest BCUT2D eigenvalue weighted by Gasteiger charge is -2.28. The van der Waals surface area contributed by atoms with Crippen molar-refractivity contribution in [2.45, 2.75) is 20.4 Å².